The van der Waals surface area contributed by atoms with Crippen LogP contribution in [-0.2, 0) is 0 Å². The lowest BCUT2D eigenvalue weighted by Gasteiger charge is -2.14. The highest BCUT2D eigenvalue weighted by molar-refractivity contribution is 6.32. The molecule has 2 rings (SSSR count). The standard InChI is InChI=1S/C17H17ClFNO3/c1-8-15(10(3)21)9(2)20-16(8)17(22)11(4)23-14-6-5-12(19)7-13(14)18/h5-7,11,20H,1-4H3/t11-/m1/s1. The molecule has 0 bridgehead atoms. The molecule has 6 heteroatoms. The third-order valence-corrected chi connectivity index (χ3v) is 3.90. The summed E-state index contributed by atoms with van der Waals surface area (Å²) in [4.78, 5) is 27.1. The minimum Gasteiger partial charge on any atom is -0.481 e. The third-order valence-electron chi connectivity index (χ3n) is 3.60. The first-order chi connectivity index (χ1) is 10.7. The second-order valence-electron chi connectivity index (χ2n) is 5.38. The normalized spacial score (nSPS) is 12.1. The predicted molar refractivity (Wildman–Crippen MR) is 86.1 cm³/mol. The topological polar surface area (TPSA) is 59.2 Å². The van der Waals surface area contributed by atoms with Gasteiger partial charge in [0.25, 0.3) is 0 Å². The Labute approximate surface area is 138 Å². The van der Waals surface area contributed by atoms with Crippen LogP contribution >= 0.6 is 11.6 Å². The third kappa shape index (κ3) is 3.45. The largest absolute Gasteiger partial charge is 0.481 e. The minimum atomic E-state index is -0.838. The van der Waals surface area contributed by atoms with Crippen molar-refractivity contribution >= 4 is 23.2 Å². The number of ether oxygens (including phenoxy) is 1. The second kappa shape index (κ2) is 6.54. The molecule has 1 aromatic heterocycles. The number of ketones is 2. The van der Waals surface area contributed by atoms with E-state index >= 15 is 0 Å². The van der Waals surface area contributed by atoms with E-state index in [1.807, 2.05) is 0 Å². The Bertz CT molecular complexity index is 782. The van der Waals surface area contributed by atoms with Gasteiger partial charge in [0.15, 0.2) is 11.9 Å². The van der Waals surface area contributed by atoms with E-state index < -0.39 is 11.9 Å². The minimum absolute atomic E-state index is 0.0912. The summed E-state index contributed by atoms with van der Waals surface area (Å²) in [5.74, 6) is -0.672. The number of carbonyl (C=O) groups excluding carboxylic acids is 2. The molecule has 1 atom stereocenters. The van der Waals surface area contributed by atoms with Crippen molar-refractivity contribution in [3.8, 4) is 5.75 Å². The fourth-order valence-corrected chi connectivity index (χ4v) is 2.75. The lowest BCUT2D eigenvalue weighted by molar-refractivity contribution is 0.0812. The van der Waals surface area contributed by atoms with Gasteiger partial charge in [0.2, 0.25) is 5.78 Å². The van der Waals surface area contributed by atoms with Gasteiger partial charge >= 0.3 is 0 Å². The van der Waals surface area contributed by atoms with Crippen molar-refractivity contribution in [1.29, 1.82) is 0 Å². The number of benzene rings is 1. The lowest BCUT2D eigenvalue weighted by atomic mass is 10.0. The van der Waals surface area contributed by atoms with Crippen molar-refractivity contribution in [2.45, 2.75) is 33.8 Å². The molecular formula is C17H17ClFNO3. The lowest BCUT2D eigenvalue weighted by Crippen LogP contribution is -2.25. The number of carbonyl (C=O) groups is 2. The summed E-state index contributed by atoms with van der Waals surface area (Å²) in [5, 5.41) is 0.0912. The Morgan fingerprint density at radius 1 is 1.30 bits per heavy atom. The Hall–Kier alpha value is -2.14. The smallest absolute Gasteiger partial charge is 0.219 e. The maximum Gasteiger partial charge on any atom is 0.219 e. The van der Waals surface area contributed by atoms with Crippen LogP contribution in [0.1, 0.15) is 46.0 Å². The summed E-state index contributed by atoms with van der Waals surface area (Å²) < 4.78 is 18.6. The molecule has 1 aromatic carbocycles. The molecular weight excluding hydrogens is 321 g/mol. The maximum absolute atomic E-state index is 13.0. The van der Waals surface area contributed by atoms with E-state index in [1.165, 1.54) is 19.1 Å². The van der Waals surface area contributed by atoms with Gasteiger partial charge in [0, 0.05) is 11.3 Å². The monoisotopic (exact) mass is 337 g/mol. The summed E-state index contributed by atoms with van der Waals surface area (Å²) >= 11 is 5.90. The molecule has 0 saturated heterocycles. The number of nitrogens with one attached hydrogen (secondary N) is 1. The number of halogens is 2. The number of rotatable bonds is 5. The highest BCUT2D eigenvalue weighted by Gasteiger charge is 2.25. The molecule has 0 fully saturated rings. The molecule has 0 unspecified atom stereocenters. The summed E-state index contributed by atoms with van der Waals surface area (Å²) in [6.45, 7) is 6.48. The Kier molecular flexibility index (Phi) is 4.90. The Balaban J connectivity index is 2.27. The van der Waals surface area contributed by atoms with Crippen LogP contribution in [0.15, 0.2) is 18.2 Å². The van der Waals surface area contributed by atoms with Gasteiger partial charge in [-0.25, -0.2) is 4.39 Å². The Morgan fingerprint density at radius 3 is 2.48 bits per heavy atom. The number of H-pyrrole nitrogens is 1. The summed E-state index contributed by atoms with van der Waals surface area (Å²) in [6, 6.07) is 3.69. The van der Waals surface area contributed by atoms with E-state index in [-0.39, 0.29) is 22.3 Å². The SMILES string of the molecule is CC(=O)c1c(C)[nH]c(C(=O)[C@@H](C)Oc2ccc(F)cc2Cl)c1C. The zero-order chi connectivity index (χ0) is 17.3. The van der Waals surface area contributed by atoms with Gasteiger partial charge in [-0.05, 0) is 51.5 Å². The van der Waals surface area contributed by atoms with Crippen molar-refractivity contribution in [2.24, 2.45) is 0 Å². The van der Waals surface area contributed by atoms with Crippen LogP contribution in [0, 0.1) is 19.7 Å². The van der Waals surface area contributed by atoms with Crippen molar-refractivity contribution < 1.29 is 18.7 Å². The van der Waals surface area contributed by atoms with Gasteiger partial charge in [-0.3, -0.25) is 9.59 Å². The molecule has 23 heavy (non-hydrogen) atoms. The van der Waals surface area contributed by atoms with E-state index in [0.717, 1.165) is 6.07 Å². The van der Waals surface area contributed by atoms with Crippen molar-refractivity contribution in [2.75, 3.05) is 0 Å². The molecule has 1 N–H and O–H groups in total. The number of Topliss-reactive ketones (excluding diaryl/α,β-unsaturated/α-hetero) is 2. The highest BCUT2D eigenvalue weighted by atomic mass is 35.5. The molecule has 122 valence electrons. The molecule has 0 aliphatic rings. The van der Waals surface area contributed by atoms with Gasteiger partial charge in [0.1, 0.15) is 11.6 Å². The van der Waals surface area contributed by atoms with E-state index in [1.54, 1.807) is 20.8 Å². The van der Waals surface area contributed by atoms with Gasteiger partial charge in [-0.2, -0.15) is 0 Å². The van der Waals surface area contributed by atoms with Crippen LogP contribution in [0.3, 0.4) is 0 Å². The van der Waals surface area contributed by atoms with E-state index in [2.05, 4.69) is 4.98 Å². The Morgan fingerprint density at radius 2 is 1.96 bits per heavy atom. The van der Waals surface area contributed by atoms with Crippen LogP contribution in [0.4, 0.5) is 4.39 Å². The predicted octanol–water partition coefficient (Wildman–Crippen LogP) is 4.28. The fraction of sp³-hybridized carbons (Fsp3) is 0.294. The molecule has 0 spiro atoms. The molecule has 0 saturated carbocycles. The molecule has 2 aromatic rings. The second-order valence-corrected chi connectivity index (χ2v) is 5.79. The number of hydrogen-bond donors (Lipinski definition) is 1. The highest BCUT2D eigenvalue weighted by Crippen LogP contribution is 2.27. The van der Waals surface area contributed by atoms with Crippen LogP contribution in [-0.4, -0.2) is 22.7 Å². The fourth-order valence-electron chi connectivity index (χ4n) is 2.54. The van der Waals surface area contributed by atoms with Crippen LogP contribution in [0.5, 0.6) is 5.75 Å². The molecule has 1 heterocycles. The quantitative estimate of drug-likeness (QED) is 0.828. The van der Waals surface area contributed by atoms with Gasteiger partial charge < -0.3 is 9.72 Å². The number of aromatic amines is 1. The van der Waals surface area contributed by atoms with Gasteiger partial charge in [0.05, 0.1) is 10.7 Å². The summed E-state index contributed by atoms with van der Waals surface area (Å²) in [5.41, 5.74) is 2.09. The first-order valence-corrected chi connectivity index (χ1v) is 7.46. The average molecular weight is 338 g/mol. The van der Waals surface area contributed by atoms with Crippen molar-refractivity contribution in [3.05, 3.63) is 51.6 Å². The molecule has 4 nitrogen and oxygen atoms in total. The zero-order valence-electron chi connectivity index (χ0n) is 13.3. The summed E-state index contributed by atoms with van der Waals surface area (Å²) in [6.07, 6.45) is -0.838. The first kappa shape index (κ1) is 17.2. The molecule has 0 aliphatic carbocycles. The number of hydrogen-bond acceptors (Lipinski definition) is 3. The van der Waals surface area contributed by atoms with Crippen LogP contribution in [0.25, 0.3) is 0 Å². The van der Waals surface area contributed by atoms with E-state index in [4.69, 9.17) is 16.3 Å². The van der Waals surface area contributed by atoms with Gasteiger partial charge in [-0.1, -0.05) is 11.6 Å². The van der Waals surface area contributed by atoms with Gasteiger partial charge in [-0.15, -0.1) is 0 Å². The van der Waals surface area contributed by atoms with Crippen LogP contribution < -0.4 is 4.74 Å². The molecule has 0 radical (unpaired) electrons. The number of aryl methyl sites for hydroxylation is 1. The van der Waals surface area contributed by atoms with E-state index in [0.29, 0.717) is 22.5 Å². The zero-order valence-corrected chi connectivity index (χ0v) is 14.0. The van der Waals surface area contributed by atoms with Crippen molar-refractivity contribution in [1.82, 2.24) is 4.98 Å². The van der Waals surface area contributed by atoms with Crippen molar-refractivity contribution in [3.63, 3.8) is 0 Å². The first-order valence-electron chi connectivity index (χ1n) is 7.08. The number of aromatic nitrogens is 1. The summed E-state index contributed by atoms with van der Waals surface area (Å²) in [7, 11) is 0. The van der Waals surface area contributed by atoms with Crippen LogP contribution in [0.2, 0.25) is 5.02 Å². The average Bonchev–Trinajstić information content (AvgIpc) is 2.76. The maximum atomic E-state index is 13.0. The van der Waals surface area contributed by atoms with E-state index in [9.17, 15) is 14.0 Å². The molecule has 0 aliphatic heterocycles. The molecule has 0 amide bonds.